The lowest BCUT2D eigenvalue weighted by Crippen LogP contribution is -2.47. The third-order valence-corrected chi connectivity index (χ3v) is 6.43. The largest absolute Gasteiger partial charge is 0.338 e. The van der Waals surface area contributed by atoms with Crippen molar-refractivity contribution in [3.05, 3.63) is 52.3 Å². The van der Waals surface area contributed by atoms with Gasteiger partial charge >= 0.3 is 0 Å². The smallest absolute Gasteiger partial charge is 0.270 e. The van der Waals surface area contributed by atoms with Gasteiger partial charge in [0, 0.05) is 57.3 Å². The topological polar surface area (TPSA) is 122 Å². The summed E-state index contributed by atoms with van der Waals surface area (Å²) in [5, 5.41) is 10.9. The van der Waals surface area contributed by atoms with E-state index in [1.165, 1.54) is 12.1 Å². The Morgan fingerprint density at radius 1 is 1.17 bits per heavy atom. The molecular weight excluding hydrogens is 396 g/mol. The second-order valence-corrected chi connectivity index (χ2v) is 8.57. The molecule has 11 heteroatoms. The van der Waals surface area contributed by atoms with Gasteiger partial charge in [-0.1, -0.05) is 6.07 Å². The molecule has 1 aliphatic heterocycles. The minimum atomic E-state index is -3.79. The standard InChI is InChI=1S/C18H24N6O4S/c1-15-4-5-16(24(25)26)14-17(15)29(27,28)21-8-3-9-22-10-12-23(13-11-22)18-19-6-2-7-20-18/h2,4-7,14,21H,3,8-13H2,1H3. The van der Waals surface area contributed by atoms with Crippen LogP contribution in [0.5, 0.6) is 0 Å². The molecule has 2 aromatic rings. The molecule has 0 aliphatic carbocycles. The van der Waals surface area contributed by atoms with E-state index in [2.05, 4.69) is 24.5 Å². The average molecular weight is 420 g/mol. The number of non-ortho nitro benzene ring substituents is 1. The molecule has 1 fully saturated rings. The lowest BCUT2D eigenvalue weighted by Gasteiger charge is -2.34. The van der Waals surface area contributed by atoms with Gasteiger partial charge in [0.1, 0.15) is 0 Å². The molecule has 1 N–H and O–H groups in total. The van der Waals surface area contributed by atoms with Crippen LogP contribution in [0.2, 0.25) is 0 Å². The molecule has 0 bridgehead atoms. The van der Waals surface area contributed by atoms with Crippen LogP contribution in [0.4, 0.5) is 11.6 Å². The van der Waals surface area contributed by atoms with Crippen molar-refractivity contribution in [1.29, 1.82) is 0 Å². The van der Waals surface area contributed by atoms with E-state index in [-0.39, 0.29) is 17.1 Å². The zero-order valence-electron chi connectivity index (χ0n) is 16.2. The first-order valence-corrected chi connectivity index (χ1v) is 10.8. The van der Waals surface area contributed by atoms with Gasteiger partial charge in [-0.3, -0.25) is 15.0 Å². The van der Waals surface area contributed by atoms with E-state index < -0.39 is 14.9 Å². The molecule has 3 rings (SSSR count). The molecule has 29 heavy (non-hydrogen) atoms. The van der Waals surface area contributed by atoms with Gasteiger partial charge in [-0.25, -0.2) is 23.1 Å². The number of aryl methyl sites for hydroxylation is 1. The van der Waals surface area contributed by atoms with E-state index in [9.17, 15) is 18.5 Å². The van der Waals surface area contributed by atoms with Gasteiger partial charge in [0.05, 0.1) is 9.82 Å². The number of piperazine rings is 1. The summed E-state index contributed by atoms with van der Waals surface area (Å²) in [7, 11) is -3.79. The number of benzene rings is 1. The van der Waals surface area contributed by atoms with Crippen LogP contribution >= 0.6 is 0 Å². The summed E-state index contributed by atoms with van der Waals surface area (Å²) < 4.78 is 27.6. The maximum Gasteiger partial charge on any atom is 0.270 e. The highest BCUT2D eigenvalue weighted by Crippen LogP contribution is 2.21. The zero-order valence-corrected chi connectivity index (χ0v) is 17.0. The first-order chi connectivity index (χ1) is 13.9. The van der Waals surface area contributed by atoms with Crippen molar-refractivity contribution in [2.75, 3.05) is 44.2 Å². The van der Waals surface area contributed by atoms with E-state index in [4.69, 9.17) is 0 Å². The summed E-state index contributed by atoms with van der Waals surface area (Å²) in [5.41, 5.74) is 0.235. The SMILES string of the molecule is Cc1ccc([N+](=O)[O-])cc1S(=O)(=O)NCCCN1CCN(c2ncccn2)CC1. The number of nitro benzene ring substituents is 1. The zero-order chi connectivity index (χ0) is 20.9. The Hall–Kier alpha value is -2.63. The molecular formula is C18H24N6O4S. The Balaban J connectivity index is 1.46. The van der Waals surface area contributed by atoms with Gasteiger partial charge in [-0.2, -0.15) is 0 Å². The molecule has 0 saturated carbocycles. The summed E-state index contributed by atoms with van der Waals surface area (Å²) >= 11 is 0. The average Bonchev–Trinajstić information content (AvgIpc) is 2.72. The number of anilines is 1. The number of hydrogen-bond donors (Lipinski definition) is 1. The number of nitrogens with zero attached hydrogens (tertiary/aromatic N) is 5. The van der Waals surface area contributed by atoms with Gasteiger partial charge in [-0.15, -0.1) is 0 Å². The normalized spacial score (nSPS) is 15.4. The van der Waals surface area contributed by atoms with Crippen LogP contribution in [0.15, 0.2) is 41.6 Å². The fourth-order valence-corrected chi connectivity index (χ4v) is 4.54. The van der Waals surface area contributed by atoms with Crippen molar-refractivity contribution in [3.8, 4) is 0 Å². The summed E-state index contributed by atoms with van der Waals surface area (Å²) in [4.78, 5) is 23.2. The maximum atomic E-state index is 12.5. The summed E-state index contributed by atoms with van der Waals surface area (Å²) in [6.07, 6.45) is 4.10. The van der Waals surface area contributed by atoms with E-state index in [1.54, 1.807) is 25.4 Å². The fourth-order valence-electron chi connectivity index (χ4n) is 3.20. The summed E-state index contributed by atoms with van der Waals surface area (Å²) in [6.45, 7) is 6.01. The van der Waals surface area contributed by atoms with Crippen LogP contribution in [-0.4, -0.2) is 67.5 Å². The minimum Gasteiger partial charge on any atom is -0.338 e. The first kappa shape index (κ1) is 21.1. The van der Waals surface area contributed by atoms with Gasteiger partial charge in [0.25, 0.3) is 5.69 Å². The Kier molecular flexibility index (Phi) is 6.72. The minimum absolute atomic E-state index is 0.0526. The fraction of sp³-hybridized carbons (Fsp3) is 0.444. The van der Waals surface area contributed by atoms with Crippen LogP contribution in [0, 0.1) is 17.0 Å². The Labute approximate surface area is 169 Å². The molecule has 0 spiro atoms. The Morgan fingerprint density at radius 2 is 1.86 bits per heavy atom. The third kappa shape index (κ3) is 5.46. The molecule has 1 aliphatic rings. The highest BCUT2D eigenvalue weighted by atomic mass is 32.2. The van der Waals surface area contributed by atoms with Gasteiger partial charge < -0.3 is 4.90 Å². The van der Waals surface area contributed by atoms with Crippen molar-refractivity contribution in [1.82, 2.24) is 19.6 Å². The summed E-state index contributed by atoms with van der Waals surface area (Å²) in [6, 6.07) is 5.63. The van der Waals surface area contributed by atoms with Gasteiger partial charge in [0.2, 0.25) is 16.0 Å². The highest BCUT2D eigenvalue weighted by Gasteiger charge is 2.21. The second-order valence-electron chi connectivity index (χ2n) is 6.84. The van der Waals surface area contributed by atoms with E-state index >= 15 is 0 Å². The van der Waals surface area contributed by atoms with Crippen molar-refractivity contribution in [2.24, 2.45) is 0 Å². The molecule has 0 radical (unpaired) electrons. The van der Waals surface area contributed by atoms with Crippen LogP contribution in [-0.2, 0) is 10.0 Å². The second kappa shape index (κ2) is 9.25. The van der Waals surface area contributed by atoms with Crippen molar-refractivity contribution < 1.29 is 13.3 Å². The molecule has 0 unspecified atom stereocenters. The predicted molar refractivity (Wildman–Crippen MR) is 108 cm³/mol. The van der Waals surface area contributed by atoms with E-state index in [1.807, 2.05) is 0 Å². The maximum absolute atomic E-state index is 12.5. The summed E-state index contributed by atoms with van der Waals surface area (Å²) in [5.74, 6) is 0.729. The van der Waals surface area contributed by atoms with Crippen LogP contribution < -0.4 is 9.62 Å². The molecule has 1 saturated heterocycles. The molecule has 2 heterocycles. The predicted octanol–water partition coefficient (Wildman–Crippen LogP) is 1.18. The molecule has 0 atom stereocenters. The Bertz CT molecular complexity index is 946. The third-order valence-electron chi connectivity index (χ3n) is 4.82. The van der Waals surface area contributed by atoms with E-state index in [0.717, 1.165) is 44.7 Å². The van der Waals surface area contributed by atoms with Crippen LogP contribution in [0.1, 0.15) is 12.0 Å². The molecule has 0 amide bonds. The molecule has 1 aromatic heterocycles. The van der Waals surface area contributed by atoms with E-state index in [0.29, 0.717) is 12.0 Å². The lowest BCUT2D eigenvalue weighted by molar-refractivity contribution is -0.385. The lowest BCUT2D eigenvalue weighted by atomic mass is 10.2. The Morgan fingerprint density at radius 3 is 2.52 bits per heavy atom. The number of aromatic nitrogens is 2. The van der Waals surface area contributed by atoms with Crippen LogP contribution in [0.25, 0.3) is 0 Å². The molecule has 10 nitrogen and oxygen atoms in total. The van der Waals surface area contributed by atoms with Gasteiger partial charge in [-0.05, 0) is 31.5 Å². The number of hydrogen-bond acceptors (Lipinski definition) is 8. The molecule has 1 aromatic carbocycles. The quantitative estimate of drug-likeness (QED) is 0.384. The van der Waals surface area contributed by atoms with Crippen LogP contribution in [0.3, 0.4) is 0 Å². The van der Waals surface area contributed by atoms with Crippen molar-refractivity contribution >= 4 is 21.7 Å². The number of nitrogens with one attached hydrogen (secondary N) is 1. The monoisotopic (exact) mass is 420 g/mol. The van der Waals surface area contributed by atoms with Gasteiger partial charge in [0.15, 0.2) is 0 Å². The highest BCUT2D eigenvalue weighted by molar-refractivity contribution is 7.89. The molecule has 156 valence electrons. The number of nitro groups is 1. The first-order valence-electron chi connectivity index (χ1n) is 9.36. The number of rotatable bonds is 8. The van der Waals surface area contributed by atoms with Crippen molar-refractivity contribution in [3.63, 3.8) is 0 Å². The number of sulfonamides is 1. The van der Waals surface area contributed by atoms with Crippen molar-refractivity contribution in [2.45, 2.75) is 18.2 Å².